The molecule has 0 spiro atoms. The summed E-state index contributed by atoms with van der Waals surface area (Å²) in [7, 11) is 0. The minimum absolute atomic E-state index is 0.0585. The molecule has 2 heterocycles. The molecule has 1 amide bonds. The first kappa shape index (κ1) is 20.8. The van der Waals surface area contributed by atoms with Gasteiger partial charge in [0.15, 0.2) is 5.78 Å². The van der Waals surface area contributed by atoms with Crippen molar-refractivity contribution in [1.29, 1.82) is 0 Å². The highest BCUT2D eigenvalue weighted by Crippen LogP contribution is 2.26. The minimum Gasteiger partial charge on any atom is -0.457 e. The number of rotatable bonds is 5. The molecule has 1 aromatic heterocycles. The summed E-state index contributed by atoms with van der Waals surface area (Å²) in [5, 5.41) is 0. The zero-order valence-electron chi connectivity index (χ0n) is 18.1. The number of nitrogens with zero attached hydrogens (tertiary/aromatic N) is 3. The number of amides is 1. The minimum atomic E-state index is -0.219. The van der Waals surface area contributed by atoms with E-state index in [1.165, 1.54) is 0 Å². The maximum Gasteiger partial charge on any atom is 0.253 e. The zero-order valence-corrected chi connectivity index (χ0v) is 18.1. The van der Waals surface area contributed by atoms with Crippen molar-refractivity contribution >= 4 is 22.7 Å². The normalized spacial score (nSPS) is 15.9. The summed E-state index contributed by atoms with van der Waals surface area (Å²) >= 11 is 0. The molecule has 1 aliphatic heterocycles. The molecule has 0 bridgehead atoms. The lowest BCUT2D eigenvalue weighted by Crippen LogP contribution is -2.42. The van der Waals surface area contributed by atoms with Gasteiger partial charge in [-0.3, -0.25) is 19.6 Å². The Morgan fingerprint density at radius 1 is 0.818 bits per heavy atom. The van der Waals surface area contributed by atoms with Crippen molar-refractivity contribution in [3.8, 4) is 11.5 Å². The van der Waals surface area contributed by atoms with Gasteiger partial charge in [0.2, 0.25) is 0 Å². The van der Waals surface area contributed by atoms with Crippen LogP contribution >= 0.6 is 0 Å². The van der Waals surface area contributed by atoms with Crippen LogP contribution in [0.2, 0.25) is 0 Å². The van der Waals surface area contributed by atoms with Crippen LogP contribution in [0.4, 0.5) is 0 Å². The largest absolute Gasteiger partial charge is 0.457 e. The number of ketones is 1. The predicted octanol–water partition coefficient (Wildman–Crippen LogP) is 5.16. The number of fused-ring (bicyclic) bond motifs is 1. The van der Waals surface area contributed by atoms with E-state index < -0.39 is 0 Å². The van der Waals surface area contributed by atoms with Gasteiger partial charge in [0.1, 0.15) is 11.5 Å². The second-order valence-corrected chi connectivity index (χ2v) is 8.15. The summed E-state index contributed by atoms with van der Waals surface area (Å²) in [6.07, 6.45) is 4.81. The summed E-state index contributed by atoms with van der Waals surface area (Å²) < 4.78 is 5.81. The van der Waals surface area contributed by atoms with Crippen LogP contribution in [-0.4, -0.2) is 39.6 Å². The molecule has 5 rings (SSSR count). The Morgan fingerprint density at radius 2 is 1.52 bits per heavy atom. The van der Waals surface area contributed by atoms with E-state index in [2.05, 4.69) is 9.97 Å². The Bertz CT molecular complexity index is 1290. The van der Waals surface area contributed by atoms with Crippen molar-refractivity contribution in [1.82, 2.24) is 14.9 Å². The summed E-state index contributed by atoms with van der Waals surface area (Å²) in [6, 6.07) is 22.1. The fourth-order valence-electron chi connectivity index (χ4n) is 4.20. The number of aromatic nitrogens is 2. The summed E-state index contributed by atoms with van der Waals surface area (Å²) in [4.78, 5) is 36.6. The van der Waals surface area contributed by atoms with Gasteiger partial charge in [-0.05, 0) is 67.4 Å². The second kappa shape index (κ2) is 9.20. The van der Waals surface area contributed by atoms with Crippen LogP contribution in [0.25, 0.3) is 11.0 Å². The molecular formula is C27H23N3O3. The number of hydrogen-bond donors (Lipinski definition) is 0. The number of piperidine rings is 1. The molecule has 0 aliphatic carbocycles. The van der Waals surface area contributed by atoms with E-state index in [1.807, 2.05) is 42.5 Å². The van der Waals surface area contributed by atoms with E-state index in [4.69, 9.17) is 4.74 Å². The van der Waals surface area contributed by atoms with Crippen LogP contribution in [0.3, 0.4) is 0 Å². The van der Waals surface area contributed by atoms with Crippen LogP contribution < -0.4 is 4.74 Å². The highest BCUT2D eigenvalue weighted by atomic mass is 16.5. The van der Waals surface area contributed by atoms with Gasteiger partial charge < -0.3 is 9.64 Å². The molecule has 3 aromatic carbocycles. The van der Waals surface area contributed by atoms with Crippen molar-refractivity contribution < 1.29 is 14.3 Å². The average molecular weight is 437 g/mol. The lowest BCUT2D eigenvalue weighted by molar-refractivity contribution is 0.0637. The maximum atomic E-state index is 13.2. The van der Waals surface area contributed by atoms with Gasteiger partial charge in [-0.2, -0.15) is 0 Å². The van der Waals surface area contributed by atoms with Crippen LogP contribution in [0.15, 0.2) is 85.2 Å². The van der Waals surface area contributed by atoms with Gasteiger partial charge in [-0.25, -0.2) is 0 Å². The van der Waals surface area contributed by atoms with Gasteiger partial charge in [-0.1, -0.05) is 18.2 Å². The Hall–Kier alpha value is -4.06. The van der Waals surface area contributed by atoms with Gasteiger partial charge >= 0.3 is 0 Å². The van der Waals surface area contributed by atoms with E-state index in [1.54, 1.807) is 47.6 Å². The van der Waals surface area contributed by atoms with Crippen LogP contribution in [-0.2, 0) is 0 Å². The van der Waals surface area contributed by atoms with Gasteiger partial charge in [0.25, 0.3) is 5.91 Å². The molecule has 0 N–H and O–H groups in total. The molecule has 6 nitrogen and oxygen atoms in total. The molecule has 1 saturated heterocycles. The predicted molar refractivity (Wildman–Crippen MR) is 125 cm³/mol. The molecule has 4 aromatic rings. The van der Waals surface area contributed by atoms with Crippen molar-refractivity contribution in [2.45, 2.75) is 12.8 Å². The number of benzene rings is 3. The molecule has 0 saturated carbocycles. The molecule has 1 fully saturated rings. The molecule has 6 heteroatoms. The van der Waals surface area contributed by atoms with Crippen LogP contribution in [0.1, 0.15) is 33.6 Å². The standard InChI is InChI=1S/C27H23N3O3/c31-26(19-8-11-23(12-9-19)33-22-6-2-1-3-7-22)21-5-4-16-30(18-21)27(32)20-10-13-24-25(17-20)29-15-14-28-24/h1-3,6-15,17,21H,4-5,16,18H2. The number of carbonyl (C=O) groups is 2. The monoisotopic (exact) mass is 437 g/mol. The Kier molecular flexibility index (Phi) is 5.81. The highest BCUT2D eigenvalue weighted by Gasteiger charge is 2.29. The fourth-order valence-corrected chi connectivity index (χ4v) is 4.20. The first-order valence-electron chi connectivity index (χ1n) is 11.0. The van der Waals surface area contributed by atoms with E-state index in [0.717, 1.165) is 24.1 Å². The Balaban J connectivity index is 1.26. The number of likely N-dealkylation sites (tertiary alicyclic amines) is 1. The van der Waals surface area contributed by atoms with Gasteiger partial charge in [-0.15, -0.1) is 0 Å². The maximum absolute atomic E-state index is 13.2. The SMILES string of the molecule is O=C(c1ccc(Oc2ccccc2)cc1)C1CCCN(C(=O)c2ccc3nccnc3c2)C1. The molecule has 1 atom stereocenters. The second-order valence-electron chi connectivity index (χ2n) is 8.15. The summed E-state index contributed by atoms with van der Waals surface area (Å²) in [5.74, 6) is 1.19. The third-order valence-corrected chi connectivity index (χ3v) is 5.91. The van der Waals surface area contributed by atoms with Crippen molar-refractivity contribution in [2.75, 3.05) is 13.1 Å². The van der Waals surface area contributed by atoms with E-state index >= 15 is 0 Å². The molecule has 1 aliphatic rings. The molecule has 164 valence electrons. The smallest absolute Gasteiger partial charge is 0.253 e. The molecule has 0 radical (unpaired) electrons. The number of ether oxygens (including phenoxy) is 1. The first-order chi connectivity index (χ1) is 16.2. The lowest BCUT2D eigenvalue weighted by Gasteiger charge is -2.32. The van der Waals surface area contributed by atoms with Crippen molar-refractivity contribution in [3.05, 3.63) is 96.3 Å². The third kappa shape index (κ3) is 4.60. The number of carbonyl (C=O) groups excluding carboxylic acids is 2. The average Bonchev–Trinajstić information content (AvgIpc) is 2.88. The lowest BCUT2D eigenvalue weighted by atomic mass is 9.89. The van der Waals surface area contributed by atoms with Gasteiger partial charge in [0.05, 0.1) is 11.0 Å². The number of para-hydroxylation sites is 1. The van der Waals surface area contributed by atoms with E-state index in [9.17, 15) is 9.59 Å². The topological polar surface area (TPSA) is 72.4 Å². The Labute approximate surface area is 191 Å². The zero-order chi connectivity index (χ0) is 22.6. The molecular weight excluding hydrogens is 414 g/mol. The Morgan fingerprint density at radius 3 is 2.30 bits per heavy atom. The highest BCUT2D eigenvalue weighted by molar-refractivity contribution is 6.00. The third-order valence-electron chi connectivity index (χ3n) is 5.91. The molecule has 33 heavy (non-hydrogen) atoms. The fraction of sp³-hybridized carbons (Fsp3) is 0.185. The summed E-state index contributed by atoms with van der Waals surface area (Å²) in [6.45, 7) is 1.06. The van der Waals surface area contributed by atoms with Crippen molar-refractivity contribution in [3.63, 3.8) is 0 Å². The van der Waals surface area contributed by atoms with Crippen LogP contribution in [0, 0.1) is 5.92 Å². The first-order valence-corrected chi connectivity index (χ1v) is 11.0. The van der Waals surface area contributed by atoms with Gasteiger partial charge in [0, 0.05) is 42.5 Å². The van der Waals surface area contributed by atoms with E-state index in [0.29, 0.717) is 35.5 Å². The quantitative estimate of drug-likeness (QED) is 0.404. The summed E-state index contributed by atoms with van der Waals surface area (Å²) in [5.41, 5.74) is 2.64. The van der Waals surface area contributed by atoms with E-state index in [-0.39, 0.29) is 17.6 Å². The number of hydrogen-bond acceptors (Lipinski definition) is 5. The molecule has 1 unspecified atom stereocenters. The van der Waals surface area contributed by atoms with Crippen LogP contribution in [0.5, 0.6) is 11.5 Å². The number of Topliss-reactive ketones (excluding diaryl/α,β-unsaturated/α-hetero) is 1. The van der Waals surface area contributed by atoms with Crippen molar-refractivity contribution in [2.24, 2.45) is 5.92 Å².